The van der Waals surface area contributed by atoms with E-state index < -0.39 is 0 Å². The minimum atomic E-state index is 0. The van der Waals surface area contributed by atoms with Gasteiger partial charge in [-0.05, 0) is 31.6 Å². The monoisotopic (exact) mass is 791 g/mol. The van der Waals surface area contributed by atoms with E-state index in [1.54, 1.807) is 0 Å². The van der Waals surface area contributed by atoms with Crippen molar-refractivity contribution in [3.05, 3.63) is 18.7 Å². The van der Waals surface area contributed by atoms with Crippen LogP contribution in [0.1, 0.15) is 303 Å². The lowest BCUT2D eigenvalue weighted by molar-refractivity contribution is -0.724. The molecule has 3 heteroatoms. The highest BCUT2D eigenvalue weighted by Gasteiger charge is 2.17. The van der Waals surface area contributed by atoms with Gasteiger partial charge < -0.3 is 12.4 Å². The van der Waals surface area contributed by atoms with E-state index >= 15 is 0 Å². The molecule has 0 radical (unpaired) electrons. The Labute approximate surface area is 354 Å². The molecule has 2 nitrogen and oxygen atoms in total. The van der Waals surface area contributed by atoms with Crippen LogP contribution in [0.25, 0.3) is 0 Å². The minimum Gasteiger partial charge on any atom is -1.00 e. The van der Waals surface area contributed by atoms with Gasteiger partial charge in [0.05, 0.1) is 7.05 Å². The number of unbranched alkanes of at least 4 members (excludes halogenated alkanes) is 34. The van der Waals surface area contributed by atoms with Gasteiger partial charge in [0.25, 0.3) is 0 Å². The van der Waals surface area contributed by atoms with Gasteiger partial charge in [0, 0.05) is 0 Å². The van der Waals surface area contributed by atoms with Gasteiger partial charge in [-0.1, -0.05) is 271 Å². The summed E-state index contributed by atoms with van der Waals surface area (Å²) in [5, 5.41) is 0. The van der Waals surface area contributed by atoms with Crippen molar-refractivity contribution in [2.24, 2.45) is 13.0 Å². The molecule has 0 spiro atoms. The van der Waals surface area contributed by atoms with Crippen molar-refractivity contribution in [1.29, 1.82) is 0 Å². The second-order valence-corrected chi connectivity index (χ2v) is 18.4. The smallest absolute Gasteiger partial charge is 0.243 e. The predicted octanol–water partition coefficient (Wildman–Crippen LogP) is 15.3. The van der Waals surface area contributed by atoms with Crippen molar-refractivity contribution in [1.82, 2.24) is 4.57 Å². The Bertz CT molecular complexity index is 807. The van der Waals surface area contributed by atoms with Crippen LogP contribution >= 0.6 is 0 Å². The maximum absolute atomic E-state index is 2.55. The molecule has 0 saturated carbocycles. The first-order chi connectivity index (χ1) is 26.7. The minimum absolute atomic E-state index is 0. The van der Waals surface area contributed by atoms with Gasteiger partial charge in [0.1, 0.15) is 18.4 Å². The van der Waals surface area contributed by atoms with Crippen molar-refractivity contribution in [2.75, 3.05) is 0 Å². The van der Waals surface area contributed by atoms with E-state index in [2.05, 4.69) is 55.7 Å². The van der Waals surface area contributed by atoms with E-state index in [4.69, 9.17) is 0 Å². The molecule has 0 aromatic carbocycles. The van der Waals surface area contributed by atoms with Crippen molar-refractivity contribution < 1.29 is 17.0 Å². The third-order valence-corrected chi connectivity index (χ3v) is 12.9. The molecule has 0 N–H and O–H groups in total. The van der Waals surface area contributed by atoms with Crippen molar-refractivity contribution in [3.8, 4) is 0 Å². The maximum atomic E-state index is 2.55. The van der Waals surface area contributed by atoms with Crippen LogP contribution in [0.3, 0.4) is 0 Å². The zero-order chi connectivity index (χ0) is 38.8. The highest BCUT2D eigenvalue weighted by Crippen LogP contribution is 2.26. The second kappa shape index (κ2) is 44.6. The predicted molar refractivity (Wildman–Crippen MR) is 244 cm³/mol. The van der Waals surface area contributed by atoms with E-state index in [9.17, 15) is 0 Å². The second-order valence-electron chi connectivity index (χ2n) is 18.4. The topological polar surface area (TPSA) is 8.81 Å². The van der Waals surface area contributed by atoms with Crippen LogP contribution in [-0.2, 0) is 7.05 Å². The van der Waals surface area contributed by atoms with E-state index in [1.807, 2.05) is 0 Å². The zero-order valence-corrected chi connectivity index (χ0v) is 39.3. The number of imidazole rings is 1. The SMILES string of the molecule is CCCCCCCCCCCCCCC(CCCCCCCCCCCCCC)CCCCC(CCCCCCCCCCCCCC)[n+]1ccn(C)c1.[Cl-]. The van der Waals surface area contributed by atoms with Crippen molar-refractivity contribution in [2.45, 2.75) is 303 Å². The fourth-order valence-corrected chi connectivity index (χ4v) is 9.14. The number of hydrogen-bond donors (Lipinski definition) is 0. The summed E-state index contributed by atoms with van der Waals surface area (Å²) in [6, 6.07) is 0.695. The zero-order valence-electron chi connectivity index (χ0n) is 38.6. The molecule has 55 heavy (non-hydrogen) atoms. The summed E-state index contributed by atoms with van der Waals surface area (Å²) in [6.45, 7) is 6.96. The number of nitrogens with zero attached hydrogens (tertiary/aromatic N) is 2. The van der Waals surface area contributed by atoms with Crippen molar-refractivity contribution in [3.63, 3.8) is 0 Å². The summed E-state index contributed by atoms with van der Waals surface area (Å²) in [6.07, 6.45) is 69.5. The van der Waals surface area contributed by atoms with Gasteiger partial charge >= 0.3 is 0 Å². The fourth-order valence-electron chi connectivity index (χ4n) is 9.14. The standard InChI is InChI=1S/C52H103N2.ClH/c1-5-8-11-14-17-20-23-26-29-32-35-38-43-51(44-39-36-33-30-27-24-21-18-15-12-9-6-2)45-41-42-47-52(54-49-48-53(4)50-54)46-40-37-34-31-28-25-22-19-16-13-10-7-3;/h48-52H,5-47H2,1-4H3;1H/q+1;/p-1. The molecule has 1 rings (SSSR count). The molecule has 0 amide bonds. The van der Waals surface area contributed by atoms with Crippen LogP contribution in [0.5, 0.6) is 0 Å². The molecule has 1 heterocycles. The molecule has 0 bridgehead atoms. The number of halogens is 1. The normalized spacial score (nSPS) is 12.2. The lowest BCUT2D eigenvalue weighted by atomic mass is 9.89. The first-order valence-corrected chi connectivity index (χ1v) is 25.7. The molecule has 1 aromatic heterocycles. The third-order valence-electron chi connectivity index (χ3n) is 12.9. The Morgan fingerprint density at radius 1 is 0.345 bits per heavy atom. The molecule has 1 unspecified atom stereocenters. The number of hydrogen-bond acceptors (Lipinski definition) is 0. The Hall–Kier alpha value is -0.500. The summed E-state index contributed by atoms with van der Waals surface area (Å²) in [4.78, 5) is 0. The average Bonchev–Trinajstić information content (AvgIpc) is 3.62. The maximum Gasteiger partial charge on any atom is 0.243 e. The number of aryl methyl sites for hydroxylation is 1. The number of rotatable bonds is 45. The first kappa shape index (κ1) is 54.5. The Balaban J connectivity index is 0.0000292. The van der Waals surface area contributed by atoms with Crippen LogP contribution in [0.2, 0.25) is 0 Å². The molecule has 0 aliphatic heterocycles. The van der Waals surface area contributed by atoms with Crippen LogP contribution in [0, 0.1) is 5.92 Å². The molecule has 1 aromatic rings. The molecule has 0 fully saturated rings. The van der Waals surface area contributed by atoms with E-state index in [-0.39, 0.29) is 12.4 Å². The lowest BCUT2D eigenvalue weighted by Crippen LogP contribution is -3.00. The van der Waals surface area contributed by atoms with Crippen LogP contribution in [-0.4, -0.2) is 4.57 Å². The summed E-state index contributed by atoms with van der Waals surface area (Å²) in [7, 11) is 2.19. The highest BCUT2D eigenvalue weighted by atomic mass is 35.5. The fraction of sp³-hybridized carbons (Fsp3) is 0.942. The molecule has 1 atom stereocenters. The molecule has 0 aliphatic rings. The van der Waals surface area contributed by atoms with Gasteiger partial charge in [-0.2, -0.15) is 0 Å². The van der Waals surface area contributed by atoms with Crippen molar-refractivity contribution >= 4 is 0 Å². The molecule has 0 saturated heterocycles. The van der Waals surface area contributed by atoms with Crippen LogP contribution in [0.4, 0.5) is 0 Å². The third kappa shape index (κ3) is 37.5. The first-order valence-electron chi connectivity index (χ1n) is 25.7. The molecule has 0 aliphatic carbocycles. The summed E-state index contributed by atoms with van der Waals surface area (Å²) < 4.78 is 4.80. The summed E-state index contributed by atoms with van der Waals surface area (Å²) in [5.74, 6) is 0.982. The molecular formula is C52H103ClN2. The largest absolute Gasteiger partial charge is 1.00 e. The van der Waals surface area contributed by atoms with Gasteiger partial charge in [0.2, 0.25) is 6.33 Å². The van der Waals surface area contributed by atoms with Gasteiger partial charge in [-0.15, -0.1) is 0 Å². The summed E-state index contributed by atoms with van der Waals surface area (Å²) >= 11 is 0. The van der Waals surface area contributed by atoms with E-state index in [0.717, 1.165) is 5.92 Å². The quantitative estimate of drug-likeness (QED) is 0.0460. The van der Waals surface area contributed by atoms with Gasteiger partial charge in [0.15, 0.2) is 0 Å². The number of aromatic nitrogens is 2. The van der Waals surface area contributed by atoms with Gasteiger partial charge in [-0.25, -0.2) is 9.13 Å². The Morgan fingerprint density at radius 2 is 0.582 bits per heavy atom. The van der Waals surface area contributed by atoms with E-state index in [1.165, 1.54) is 276 Å². The Kier molecular flexibility index (Phi) is 44.2. The molecular weight excluding hydrogens is 688 g/mol. The van der Waals surface area contributed by atoms with Crippen LogP contribution in [0.15, 0.2) is 18.7 Å². The lowest BCUT2D eigenvalue weighted by Gasteiger charge is -2.18. The van der Waals surface area contributed by atoms with E-state index in [0.29, 0.717) is 6.04 Å². The van der Waals surface area contributed by atoms with Crippen LogP contribution < -0.4 is 17.0 Å². The average molecular weight is 792 g/mol. The van der Waals surface area contributed by atoms with Gasteiger partial charge in [-0.3, -0.25) is 0 Å². The Morgan fingerprint density at radius 3 is 0.855 bits per heavy atom. The summed E-state index contributed by atoms with van der Waals surface area (Å²) in [5.41, 5.74) is 0. The molecule has 328 valence electrons. The highest BCUT2D eigenvalue weighted by molar-refractivity contribution is 4.67.